The lowest BCUT2D eigenvalue weighted by Gasteiger charge is -2.12. The van der Waals surface area contributed by atoms with E-state index in [1.165, 1.54) is 6.07 Å². The summed E-state index contributed by atoms with van der Waals surface area (Å²) in [6, 6.07) is 12.2. The van der Waals surface area contributed by atoms with Crippen molar-refractivity contribution >= 4 is 17.7 Å². The zero-order chi connectivity index (χ0) is 17.5. The first-order chi connectivity index (χ1) is 11.5. The monoisotopic (exact) mass is 327 g/mol. The van der Waals surface area contributed by atoms with E-state index in [2.05, 4.69) is 15.6 Å². The summed E-state index contributed by atoms with van der Waals surface area (Å²) in [6.45, 7) is 4.43. The second-order valence-electron chi connectivity index (χ2n) is 5.55. The number of anilines is 1. The Hall–Kier alpha value is -2.89. The smallest absolute Gasteiger partial charge is 0.354 e. The second kappa shape index (κ2) is 8.10. The summed E-state index contributed by atoms with van der Waals surface area (Å²) >= 11 is 0. The summed E-state index contributed by atoms with van der Waals surface area (Å²) < 4.78 is 0. The van der Waals surface area contributed by atoms with Crippen molar-refractivity contribution in [3.8, 4) is 0 Å². The summed E-state index contributed by atoms with van der Waals surface area (Å²) in [6.07, 6.45) is 0.874. The summed E-state index contributed by atoms with van der Waals surface area (Å²) in [5, 5.41) is 14.9. The molecule has 0 saturated carbocycles. The van der Waals surface area contributed by atoms with Crippen molar-refractivity contribution in [2.24, 2.45) is 0 Å². The van der Waals surface area contributed by atoms with E-state index in [-0.39, 0.29) is 17.6 Å². The molecular formula is C18H21N3O3. The summed E-state index contributed by atoms with van der Waals surface area (Å²) in [4.78, 5) is 27.1. The first kappa shape index (κ1) is 17.5. The van der Waals surface area contributed by atoms with Gasteiger partial charge in [-0.05, 0) is 43.2 Å². The fraction of sp³-hybridized carbons (Fsp3) is 0.278. The van der Waals surface area contributed by atoms with Gasteiger partial charge in [-0.25, -0.2) is 9.78 Å². The number of aromatic nitrogens is 1. The minimum Gasteiger partial charge on any atom is -0.477 e. The standard InChI is InChI=1S/C18H21N3O3/c1-3-12(2)20-17(22)14-7-4-6-13(10-14)11-19-16-9-5-8-15(21-16)18(23)24/h4-10,12H,3,11H2,1-2H3,(H,19,21)(H,20,22)(H,23,24). The van der Waals surface area contributed by atoms with Crippen LogP contribution in [0.25, 0.3) is 0 Å². The van der Waals surface area contributed by atoms with E-state index in [4.69, 9.17) is 5.11 Å². The molecule has 0 aliphatic heterocycles. The number of carboxylic acid groups (broad SMARTS) is 1. The van der Waals surface area contributed by atoms with Gasteiger partial charge in [0.1, 0.15) is 5.82 Å². The topological polar surface area (TPSA) is 91.3 Å². The Labute approximate surface area is 140 Å². The van der Waals surface area contributed by atoms with Gasteiger partial charge >= 0.3 is 5.97 Å². The molecule has 0 aliphatic rings. The third-order valence-electron chi connectivity index (χ3n) is 3.62. The number of aromatic carboxylic acids is 1. The maximum atomic E-state index is 12.2. The van der Waals surface area contributed by atoms with Crippen molar-refractivity contribution in [3.63, 3.8) is 0 Å². The molecule has 1 heterocycles. The van der Waals surface area contributed by atoms with Crippen LogP contribution in [0.2, 0.25) is 0 Å². The zero-order valence-electron chi connectivity index (χ0n) is 13.7. The molecule has 2 aromatic rings. The van der Waals surface area contributed by atoms with Crippen LogP contribution in [0.5, 0.6) is 0 Å². The van der Waals surface area contributed by atoms with Crippen molar-refractivity contribution < 1.29 is 14.7 Å². The van der Waals surface area contributed by atoms with Gasteiger partial charge in [0.25, 0.3) is 5.91 Å². The zero-order valence-corrected chi connectivity index (χ0v) is 13.7. The number of nitrogens with zero attached hydrogens (tertiary/aromatic N) is 1. The Morgan fingerprint density at radius 2 is 1.96 bits per heavy atom. The van der Waals surface area contributed by atoms with Crippen molar-refractivity contribution in [1.29, 1.82) is 0 Å². The molecule has 0 spiro atoms. The lowest BCUT2D eigenvalue weighted by atomic mass is 10.1. The predicted octanol–water partition coefficient (Wildman–Crippen LogP) is 2.92. The number of rotatable bonds is 7. The van der Waals surface area contributed by atoms with Crippen LogP contribution in [0, 0.1) is 0 Å². The molecule has 126 valence electrons. The van der Waals surface area contributed by atoms with Crippen LogP contribution < -0.4 is 10.6 Å². The molecule has 6 heteroatoms. The lowest BCUT2D eigenvalue weighted by Crippen LogP contribution is -2.31. The molecule has 0 bridgehead atoms. The third kappa shape index (κ3) is 4.81. The number of carbonyl (C=O) groups excluding carboxylic acids is 1. The van der Waals surface area contributed by atoms with Gasteiger partial charge in [0.05, 0.1) is 0 Å². The first-order valence-corrected chi connectivity index (χ1v) is 7.83. The largest absolute Gasteiger partial charge is 0.477 e. The molecule has 1 amide bonds. The van der Waals surface area contributed by atoms with Crippen LogP contribution in [-0.2, 0) is 6.54 Å². The Morgan fingerprint density at radius 3 is 2.67 bits per heavy atom. The number of benzene rings is 1. The van der Waals surface area contributed by atoms with Gasteiger partial charge in [0, 0.05) is 18.2 Å². The molecular weight excluding hydrogens is 306 g/mol. The first-order valence-electron chi connectivity index (χ1n) is 7.83. The van der Waals surface area contributed by atoms with Crippen molar-refractivity contribution in [2.45, 2.75) is 32.9 Å². The van der Waals surface area contributed by atoms with Gasteiger partial charge in [-0.2, -0.15) is 0 Å². The summed E-state index contributed by atoms with van der Waals surface area (Å²) in [5.41, 5.74) is 1.50. The van der Waals surface area contributed by atoms with E-state index >= 15 is 0 Å². The number of hydrogen-bond donors (Lipinski definition) is 3. The lowest BCUT2D eigenvalue weighted by molar-refractivity contribution is 0.0690. The van der Waals surface area contributed by atoms with E-state index in [1.807, 2.05) is 32.0 Å². The number of nitrogens with one attached hydrogen (secondary N) is 2. The Kier molecular flexibility index (Phi) is 5.89. The molecule has 1 aromatic heterocycles. The van der Waals surface area contributed by atoms with Crippen molar-refractivity contribution in [1.82, 2.24) is 10.3 Å². The second-order valence-corrected chi connectivity index (χ2v) is 5.55. The van der Waals surface area contributed by atoms with Crippen LogP contribution in [0.4, 0.5) is 5.82 Å². The molecule has 6 nitrogen and oxygen atoms in total. The molecule has 0 saturated heterocycles. The molecule has 1 atom stereocenters. The van der Waals surface area contributed by atoms with Crippen LogP contribution in [-0.4, -0.2) is 28.0 Å². The quantitative estimate of drug-likeness (QED) is 0.727. The van der Waals surface area contributed by atoms with Crippen LogP contribution >= 0.6 is 0 Å². The van der Waals surface area contributed by atoms with Crippen molar-refractivity contribution in [2.75, 3.05) is 5.32 Å². The van der Waals surface area contributed by atoms with E-state index in [9.17, 15) is 9.59 Å². The molecule has 1 unspecified atom stereocenters. The Bertz CT molecular complexity index is 731. The van der Waals surface area contributed by atoms with Crippen LogP contribution in [0.3, 0.4) is 0 Å². The van der Waals surface area contributed by atoms with Gasteiger partial charge in [-0.3, -0.25) is 4.79 Å². The number of hydrogen-bond acceptors (Lipinski definition) is 4. The van der Waals surface area contributed by atoms with Crippen molar-refractivity contribution in [3.05, 3.63) is 59.3 Å². The average molecular weight is 327 g/mol. The minimum atomic E-state index is -1.07. The highest BCUT2D eigenvalue weighted by molar-refractivity contribution is 5.94. The normalized spacial score (nSPS) is 11.6. The van der Waals surface area contributed by atoms with E-state index in [0.717, 1.165) is 12.0 Å². The molecule has 0 fully saturated rings. The average Bonchev–Trinajstić information content (AvgIpc) is 2.60. The van der Waals surface area contributed by atoms with Gasteiger partial charge in [0.15, 0.2) is 5.69 Å². The molecule has 2 rings (SSSR count). The maximum absolute atomic E-state index is 12.2. The predicted molar refractivity (Wildman–Crippen MR) is 92.2 cm³/mol. The molecule has 24 heavy (non-hydrogen) atoms. The summed E-state index contributed by atoms with van der Waals surface area (Å²) in [5.74, 6) is -0.691. The number of carbonyl (C=O) groups is 2. The van der Waals surface area contributed by atoms with Gasteiger partial charge < -0.3 is 15.7 Å². The van der Waals surface area contributed by atoms with Gasteiger partial charge in [-0.15, -0.1) is 0 Å². The third-order valence-corrected chi connectivity index (χ3v) is 3.62. The molecule has 1 aromatic carbocycles. The Morgan fingerprint density at radius 1 is 1.21 bits per heavy atom. The summed E-state index contributed by atoms with van der Waals surface area (Å²) in [7, 11) is 0. The SMILES string of the molecule is CCC(C)NC(=O)c1cccc(CNc2cccc(C(=O)O)n2)c1. The highest BCUT2D eigenvalue weighted by atomic mass is 16.4. The number of pyridine rings is 1. The molecule has 0 aliphatic carbocycles. The van der Waals surface area contributed by atoms with Crippen LogP contribution in [0.15, 0.2) is 42.5 Å². The number of carboxylic acids is 1. The van der Waals surface area contributed by atoms with Gasteiger partial charge in [0.2, 0.25) is 0 Å². The highest BCUT2D eigenvalue weighted by Crippen LogP contribution is 2.10. The molecule has 0 radical (unpaired) electrons. The highest BCUT2D eigenvalue weighted by Gasteiger charge is 2.09. The van der Waals surface area contributed by atoms with E-state index in [0.29, 0.717) is 17.9 Å². The molecule has 3 N–H and O–H groups in total. The van der Waals surface area contributed by atoms with Crippen LogP contribution in [0.1, 0.15) is 46.7 Å². The fourth-order valence-electron chi connectivity index (χ4n) is 2.08. The van der Waals surface area contributed by atoms with E-state index in [1.54, 1.807) is 18.2 Å². The Balaban J connectivity index is 2.03. The number of amides is 1. The van der Waals surface area contributed by atoms with Gasteiger partial charge in [-0.1, -0.05) is 25.1 Å². The minimum absolute atomic E-state index is 0.0123. The fourth-order valence-corrected chi connectivity index (χ4v) is 2.08. The van der Waals surface area contributed by atoms with E-state index < -0.39 is 5.97 Å². The maximum Gasteiger partial charge on any atom is 0.354 e.